The molecule has 0 aliphatic rings. The molecule has 0 radical (unpaired) electrons. The Bertz CT molecular complexity index is 1120. The third-order valence-corrected chi connectivity index (χ3v) is 4.53. The summed E-state index contributed by atoms with van der Waals surface area (Å²) in [5.41, 5.74) is 0.389. The van der Waals surface area contributed by atoms with E-state index in [9.17, 15) is 22.8 Å². The Hall–Kier alpha value is -3.39. The normalized spacial score (nSPS) is 10.6. The lowest BCUT2D eigenvalue weighted by molar-refractivity contribution is -0.116. The number of aromatic nitrogens is 1. The Balaban J connectivity index is 1.84. The number of hydrogen-bond acceptors (Lipinski definition) is 3. The number of amides is 2. The van der Waals surface area contributed by atoms with Crippen LogP contribution in [0.1, 0.15) is 12.5 Å². The zero-order valence-corrected chi connectivity index (χ0v) is 16.4. The number of hydrogen-bond donors (Lipinski definition) is 1. The van der Waals surface area contributed by atoms with E-state index in [4.69, 9.17) is 11.6 Å². The number of rotatable bonds is 5. The molecule has 0 atom stereocenters. The number of benzene rings is 2. The van der Waals surface area contributed by atoms with Gasteiger partial charge in [0.05, 0.1) is 17.1 Å². The Labute approximate surface area is 175 Å². The molecule has 154 valence electrons. The van der Waals surface area contributed by atoms with Gasteiger partial charge >= 0.3 is 0 Å². The molecule has 0 saturated carbocycles. The van der Waals surface area contributed by atoms with Gasteiger partial charge in [0.2, 0.25) is 11.8 Å². The van der Waals surface area contributed by atoms with E-state index in [-0.39, 0.29) is 28.6 Å². The van der Waals surface area contributed by atoms with Crippen LogP contribution in [0.3, 0.4) is 0 Å². The maximum absolute atomic E-state index is 14.2. The van der Waals surface area contributed by atoms with Crippen molar-refractivity contribution in [1.82, 2.24) is 4.98 Å². The summed E-state index contributed by atoms with van der Waals surface area (Å²) in [5.74, 6) is -3.39. The molecule has 0 spiro atoms. The van der Waals surface area contributed by atoms with Gasteiger partial charge in [-0.05, 0) is 29.8 Å². The van der Waals surface area contributed by atoms with Gasteiger partial charge in [-0.3, -0.25) is 14.5 Å². The predicted octanol–water partition coefficient (Wildman–Crippen LogP) is 5.02. The van der Waals surface area contributed by atoms with Crippen LogP contribution in [0.2, 0.25) is 5.02 Å². The number of nitrogens with one attached hydrogen (secondary N) is 1. The number of carbonyl (C=O) groups is 2. The summed E-state index contributed by atoms with van der Waals surface area (Å²) in [4.78, 5) is 29.4. The van der Waals surface area contributed by atoms with Gasteiger partial charge in [-0.1, -0.05) is 23.7 Å². The topological polar surface area (TPSA) is 62.3 Å². The maximum atomic E-state index is 14.2. The highest BCUT2D eigenvalue weighted by Crippen LogP contribution is 2.29. The van der Waals surface area contributed by atoms with Gasteiger partial charge in [-0.15, -0.1) is 0 Å². The van der Waals surface area contributed by atoms with Crippen molar-refractivity contribution < 1.29 is 22.8 Å². The third-order valence-electron chi connectivity index (χ3n) is 4.11. The minimum absolute atomic E-state index is 0.0228. The first-order chi connectivity index (χ1) is 14.3. The van der Waals surface area contributed by atoms with Crippen LogP contribution in [0.5, 0.6) is 0 Å². The van der Waals surface area contributed by atoms with Crippen molar-refractivity contribution in [2.75, 3.05) is 10.2 Å². The fourth-order valence-corrected chi connectivity index (χ4v) is 2.99. The highest BCUT2D eigenvalue weighted by atomic mass is 35.5. The van der Waals surface area contributed by atoms with Crippen LogP contribution in [0.15, 0.2) is 54.7 Å². The quantitative estimate of drug-likeness (QED) is 0.614. The molecule has 5 nitrogen and oxygen atoms in total. The van der Waals surface area contributed by atoms with Gasteiger partial charge in [0.1, 0.15) is 23.3 Å². The highest BCUT2D eigenvalue weighted by Gasteiger charge is 2.20. The zero-order valence-electron chi connectivity index (χ0n) is 15.6. The van der Waals surface area contributed by atoms with E-state index in [0.717, 1.165) is 17.0 Å². The van der Waals surface area contributed by atoms with Gasteiger partial charge in [0.25, 0.3) is 0 Å². The summed E-state index contributed by atoms with van der Waals surface area (Å²) in [7, 11) is 0. The molecule has 2 amide bonds. The molecule has 1 heterocycles. The van der Waals surface area contributed by atoms with Crippen molar-refractivity contribution in [1.29, 1.82) is 0 Å². The third kappa shape index (κ3) is 4.77. The van der Waals surface area contributed by atoms with E-state index in [1.807, 2.05) is 0 Å². The Kier molecular flexibility index (Phi) is 6.37. The van der Waals surface area contributed by atoms with E-state index in [1.165, 1.54) is 43.5 Å². The summed E-state index contributed by atoms with van der Waals surface area (Å²) in [6, 6.07) is 9.76. The predicted molar refractivity (Wildman–Crippen MR) is 107 cm³/mol. The zero-order chi connectivity index (χ0) is 21.8. The molecule has 0 aliphatic carbocycles. The second kappa shape index (κ2) is 8.96. The summed E-state index contributed by atoms with van der Waals surface area (Å²) >= 11 is 5.86. The second-order valence-electron chi connectivity index (χ2n) is 6.29. The first-order valence-electron chi connectivity index (χ1n) is 8.71. The lowest BCUT2D eigenvalue weighted by Crippen LogP contribution is -2.25. The Morgan fingerprint density at radius 2 is 1.83 bits per heavy atom. The Morgan fingerprint density at radius 1 is 1.07 bits per heavy atom. The number of halogens is 4. The van der Waals surface area contributed by atoms with Crippen molar-refractivity contribution in [2.24, 2.45) is 0 Å². The molecule has 3 rings (SSSR count). The second-order valence-corrected chi connectivity index (χ2v) is 6.67. The number of anilines is 3. The largest absolute Gasteiger partial charge is 0.326 e. The van der Waals surface area contributed by atoms with Crippen molar-refractivity contribution >= 4 is 40.6 Å². The molecule has 1 aromatic heterocycles. The van der Waals surface area contributed by atoms with Crippen molar-refractivity contribution in [2.45, 2.75) is 13.3 Å². The molecular weight excluding hydrogens is 419 g/mol. The standard InChI is InChI=1S/C21H15ClF3N3O2/c1-12(29)28(18-6-5-14(23)10-17(18)25)19-11-15(7-8-26-19)27-20(30)9-13-3-2-4-16(24)21(13)22/h2-8,10-11H,9H2,1H3,(H,26,27,30). The smallest absolute Gasteiger partial charge is 0.229 e. The number of carbonyl (C=O) groups excluding carboxylic acids is 2. The molecule has 0 saturated heterocycles. The minimum atomic E-state index is -0.942. The molecule has 9 heteroatoms. The molecule has 0 bridgehead atoms. The molecule has 2 aromatic carbocycles. The van der Waals surface area contributed by atoms with Gasteiger partial charge in [-0.2, -0.15) is 0 Å². The average molecular weight is 434 g/mol. The molecule has 0 unspecified atom stereocenters. The highest BCUT2D eigenvalue weighted by molar-refractivity contribution is 6.31. The first-order valence-corrected chi connectivity index (χ1v) is 9.08. The molecule has 30 heavy (non-hydrogen) atoms. The number of nitrogens with zero attached hydrogens (tertiary/aromatic N) is 2. The summed E-state index contributed by atoms with van der Waals surface area (Å²) in [5, 5.41) is 2.45. The molecule has 1 N–H and O–H groups in total. The minimum Gasteiger partial charge on any atom is -0.326 e. The van der Waals surface area contributed by atoms with Gasteiger partial charge < -0.3 is 5.32 Å². The van der Waals surface area contributed by atoms with Gasteiger partial charge in [0, 0.05) is 30.9 Å². The van der Waals surface area contributed by atoms with Crippen molar-refractivity contribution in [3.8, 4) is 0 Å². The number of pyridine rings is 1. The lowest BCUT2D eigenvalue weighted by atomic mass is 10.1. The van der Waals surface area contributed by atoms with E-state index in [1.54, 1.807) is 0 Å². The van der Waals surface area contributed by atoms with Crippen LogP contribution in [0.25, 0.3) is 0 Å². The van der Waals surface area contributed by atoms with Crippen LogP contribution in [0.4, 0.5) is 30.4 Å². The molecule has 0 fully saturated rings. The van der Waals surface area contributed by atoms with E-state index >= 15 is 0 Å². The van der Waals surface area contributed by atoms with E-state index < -0.39 is 29.3 Å². The summed E-state index contributed by atoms with van der Waals surface area (Å²) in [6.45, 7) is 1.20. The fourth-order valence-electron chi connectivity index (χ4n) is 2.80. The lowest BCUT2D eigenvalue weighted by Gasteiger charge is -2.21. The van der Waals surface area contributed by atoms with Crippen molar-refractivity contribution in [3.05, 3.63) is 82.8 Å². The maximum Gasteiger partial charge on any atom is 0.229 e. The van der Waals surface area contributed by atoms with Crippen LogP contribution in [-0.4, -0.2) is 16.8 Å². The Morgan fingerprint density at radius 3 is 2.53 bits per heavy atom. The molecule has 0 aliphatic heterocycles. The van der Waals surface area contributed by atoms with Crippen LogP contribution >= 0.6 is 11.6 Å². The van der Waals surface area contributed by atoms with Gasteiger partial charge in [0.15, 0.2) is 0 Å². The summed E-state index contributed by atoms with van der Waals surface area (Å²) in [6.07, 6.45) is 1.13. The summed E-state index contributed by atoms with van der Waals surface area (Å²) < 4.78 is 40.9. The SMILES string of the molecule is CC(=O)N(c1cc(NC(=O)Cc2cccc(F)c2Cl)ccn1)c1ccc(F)cc1F. The molecular formula is C21H15ClF3N3O2. The first kappa shape index (κ1) is 21.3. The van der Waals surface area contributed by atoms with Crippen LogP contribution in [-0.2, 0) is 16.0 Å². The monoisotopic (exact) mass is 433 g/mol. The fraction of sp³-hybridized carbons (Fsp3) is 0.0952. The van der Waals surface area contributed by atoms with Gasteiger partial charge in [-0.25, -0.2) is 18.2 Å². The van der Waals surface area contributed by atoms with Crippen LogP contribution < -0.4 is 10.2 Å². The van der Waals surface area contributed by atoms with Crippen molar-refractivity contribution in [3.63, 3.8) is 0 Å². The average Bonchev–Trinajstić information content (AvgIpc) is 2.67. The van der Waals surface area contributed by atoms with E-state index in [2.05, 4.69) is 10.3 Å². The van der Waals surface area contributed by atoms with Crippen LogP contribution in [0, 0.1) is 17.5 Å². The van der Waals surface area contributed by atoms with E-state index in [0.29, 0.717) is 11.6 Å². The molecule has 3 aromatic rings.